The quantitative estimate of drug-likeness (QED) is 0.612. The molecule has 1 heterocycles. The predicted molar refractivity (Wildman–Crippen MR) is 95.0 cm³/mol. The van der Waals surface area contributed by atoms with Crippen molar-refractivity contribution in [1.29, 1.82) is 0 Å². The van der Waals surface area contributed by atoms with E-state index in [1.165, 1.54) is 12.0 Å². The zero-order valence-corrected chi connectivity index (χ0v) is 16.2. The summed E-state index contributed by atoms with van der Waals surface area (Å²) in [5.74, 6) is -2.05. The van der Waals surface area contributed by atoms with Crippen molar-refractivity contribution in [3.63, 3.8) is 0 Å². The number of hydrogen-bond acceptors (Lipinski definition) is 4. The van der Waals surface area contributed by atoms with Gasteiger partial charge in [-0.3, -0.25) is 4.79 Å². The van der Waals surface area contributed by atoms with Crippen molar-refractivity contribution in [2.75, 3.05) is 19.0 Å². The van der Waals surface area contributed by atoms with Crippen LogP contribution in [-0.4, -0.2) is 42.5 Å². The van der Waals surface area contributed by atoms with Gasteiger partial charge in [0.15, 0.2) is 0 Å². The largest absolute Gasteiger partial charge is 0.467 e. The Morgan fingerprint density at radius 3 is 2.39 bits per heavy atom. The highest BCUT2D eigenvalue weighted by Gasteiger charge is 2.42. The molecular formula is C19H24F4N2O3. The highest BCUT2D eigenvalue weighted by atomic mass is 19.4. The van der Waals surface area contributed by atoms with Gasteiger partial charge in [-0.1, -0.05) is 20.8 Å². The summed E-state index contributed by atoms with van der Waals surface area (Å²) < 4.78 is 57.4. The molecular weight excluding hydrogens is 380 g/mol. The number of anilines is 1. The smallest absolute Gasteiger partial charge is 0.416 e. The maximum atomic E-state index is 13.7. The number of likely N-dealkylation sites (tertiary alicyclic amines) is 1. The number of amides is 1. The van der Waals surface area contributed by atoms with Gasteiger partial charge in [0.05, 0.1) is 12.7 Å². The number of nitrogens with zero attached hydrogens (tertiary/aromatic N) is 1. The second-order valence-electron chi connectivity index (χ2n) is 7.88. The molecule has 2 rings (SSSR count). The van der Waals surface area contributed by atoms with Crippen LogP contribution in [0.4, 0.5) is 23.2 Å². The second-order valence-corrected chi connectivity index (χ2v) is 7.88. The summed E-state index contributed by atoms with van der Waals surface area (Å²) in [5.41, 5.74) is -2.02. The number of carbonyl (C=O) groups is 2. The molecule has 5 nitrogen and oxygen atoms in total. The van der Waals surface area contributed by atoms with Crippen LogP contribution in [0.15, 0.2) is 18.2 Å². The third kappa shape index (κ3) is 4.94. The van der Waals surface area contributed by atoms with Crippen molar-refractivity contribution in [2.24, 2.45) is 5.41 Å². The van der Waals surface area contributed by atoms with E-state index in [0.29, 0.717) is 25.5 Å². The van der Waals surface area contributed by atoms with Gasteiger partial charge in [-0.15, -0.1) is 0 Å². The minimum Gasteiger partial charge on any atom is -0.467 e. The van der Waals surface area contributed by atoms with Crippen molar-refractivity contribution in [3.05, 3.63) is 29.6 Å². The molecule has 1 amide bonds. The summed E-state index contributed by atoms with van der Waals surface area (Å²) in [6.45, 7) is 5.53. The molecule has 0 bridgehead atoms. The standard InChI is InChI=1S/C19H24F4N2O3/c1-18(2,3)15(16(26)25-7-5-6-14(25)17(27)28-4)24-13-9-11(19(21,22)23)8-12(20)10-13/h8-10,14-15,24H,5-7H2,1-4H3. The number of methoxy groups -OCH3 is 1. The highest BCUT2D eigenvalue weighted by molar-refractivity contribution is 5.90. The number of nitrogens with one attached hydrogen (secondary N) is 1. The summed E-state index contributed by atoms with van der Waals surface area (Å²) in [6.07, 6.45) is -3.65. The van der Waals surface area contributed by atoms with E-state index in [-0.39, 0.29) is 5.69 Å². The maximum Gasteiger partial charge on any atom is 0.416 e. The van der Waals surface area contributed by atoms with E-state index in [2.05, 4.69) is 5.32 Å². The number of benzene rings is 1. The van der Waals surface area contributed by atoms with Crippen molar-refractivity contribution < 1.29 is 31.9 Å². The van der Waals surface area contributed by atoms with E-state index in [1.807, 2.05) is 0 Å². The van der Waals surface area contributed by atoms with Crippen molar-refractivity contribution in [1.82, 2.24) is 4.90 Å². The second kappa shape index (κ2) is 7.97. The zero-order valence-electron chi connectivity index (χ0n) is 16.2. The number of halogens is 4. The van der Waals surface area contributed by atoms with Crippen LogP contribution in [0.25, 0.3) is 0 Å². The van der Waals surface area contributed by atoms with Crippen LogP contribution >= 0.6 is 0 Å². The molecule has 2 atom stereocenters. The normalized spacial score (nSPS) is 18.7. The van der Waals surface area contributed by atoms with E-state index in [4.69, 9.17) is 4.74 Å². The molecule has 1 aromatic rings. The first kappa shape index (κ1) is 22.0. The Bertz CT molecular complexity index is 744. The van der Waals surface area contributed by atoms with Crippen LogP contribution in [0.3, 0.4) is 0 Å². The summed E-state index contributed by atoms with van der Waals surface area (Å²) in [5, 5.41) is 2.74. The van der Waals surface area contributed by atoms with Gasteiger partial charge >= 0.3 is 12.1 Å². The van der Waals surface area contributed by atoms with Gasteiger partial charge in [0.25, 0.3) is 0 Å². The fourth-order valence-electron chi connectivity index (χ4n) is 3.23. The molecule has 1 fully saturated rings. The van der Waals surface area contributed by atoms with Gasteiger partial charge in [-0.25, -0.2) is 9.18 Å². The first-order valence-corrected chi connectivity index (χ1v) is 8.87. The lowest BCUT2D eigenvalue weighted by Crippen LogP contribution is -2.52. The van der Waals surface area contributed by atoms with Gasteiger partial charge in [-0.2, -0.15) is 13.2 Å². The van der Waals surface area contributed by atoms with Gasteiger partial charge in [0.1, 0.15) is 17.9 Å². The van der Waals surface area contributed by atoms with Crippen LogP contribution in [0, 0.1) is 11.2 Å². The minimum atomic E-state index is -4.72. The zero-order chi connectivity index (χ0) is 21.3. The monoisotopic (exact) mass is 404 g/mol. The first-order chi connectivity index (χ1) is 12.8. The van der Waals surface area contributed by atoms with Crippen LogP contribution < -0.4 is 5.32 Å². The predicted octanol–water partition coefficient (Wildman–Crippen LogP) is 3.84. The summed E-state index contributed by atoms with van der Waals surface area (Å²) in [6, 6.07) is 0.357. The fourth-order valence-corrected chi connectivity index (χ4v) is 3.23. The van der Waals surface area contributed by atoms with Crippen molar-refractivity contribution in [2.45, 2.75) is 51.9 Å². The molecule has 28 heavy (non-hydrogen) atoms. The van der Waals surface area contributed by atoms with E-state index in [9.17, 15) is 27.2 Å². The molecule has 1 aliphatic heterocycles. The molecule has 1 saturated heterocycles. The van der Waals surface area contributed by atoms with Crippen molar-refractivity contribution >= 4 is 17.6 Å². The summed E-state index contributed by atoms with van der Waals surface area (Å²) >= 11 is 0. The van der Waals surface area contributed by atoms with Crippen LogP contribution in [0.2, 0.25) is 0 Å². The van der Waals surface area contributed by atoms with Crippen molar-refractivity contribution in [3.8, 4) is 0 Å². The number of rotatable bonds is 4. The third-order valence-electron chi connectivity index (χ3n) is 4.66. The molecule has 1 N–H and O–H groups in total. The van der Waals surface area contributed by atoms with Gasteiger partial charge in [0.2, 0.25) is 5.91 Å². The lowest BCUT2D eigenvalue weighted by molar-refractivity contribution is -0.151. The minimum absolute atomic E-state index is 0.158. The molecule has 1 aromatic carbocycles. The van der Waals surface area contributed by atoms with E-state index in [0.717, 1.165) is 12.1 Å². The molecule has 0 radical (unpaired) electrons. The first-order valence-electron chi connectivity index (χ1n) is 8.87. The average molecular weight is 404 g/mol. The molecule has 1 aliphatic rings. The maximum absolute atomic E-state index is 13.7. The summed E-state index contributed by atoms with van der Waals surface area (Å²) in [7, 11) is 1.23. The van der Waals surface area contributed by atoms with Crippen LogP contribution in [-0.2, 0) is 20.5 Å². The number of alkyl halides is 3. The Morgan fingerprint density at radius 1 is 1.21 bits per heavy atom. The van der Waals surface area contributed by atoms with Gasteiger partial charge < -0.3 is 15.0 Å². The molecule has 0 saturated carbocycles. The third-order valence-corrected chi connectivity index (χ3v) is 4.66. The Kier molecular flexibility index (Phi) is 6.25. The Hall–Kier alpha value is -2.32. The molecule has 156 valence electrons. The topological polar surface area (TPSA) is 58.6 Å². The van der Waals surface area contributed by atoms with Crippen LogP contribution in [0.5, 0.6) is 0 Å². The number of hydrogen-bond donors (Lipinski definition) is 1. The van der Waals surface area contributed by atoms with E-state index >= 15 is 0 Å². The Morgan fingerprint density at radius 2 is 1.86 bits per heavy atom. The van der Waals surface area contributed by atoms with Gasteiger partial charge in [-0.05, 0) is 36.5 Å². The molecule has 2 unspecified atom stereocenters. The molecule has 0 aliphatic carbocycles. The van der Waals surface area contributed by atoms with E-state index in [1.54, 1.807) is 20.8 Å². The van der Waals surface area contributed by atoms with Crippen LogP contribution in [0.1, 0.15) is 39.2 Å². The Labute approximate surface area is 161 Å². The lowest BCUT2D eigenvalue weighted by atomic mass is 9.85. The fraction of sp³-hybridized carbons (Fsp3) is 0.579. The lowest BCUT2D eigenvalue weighted by Gasteiger charge is -2.35. The number of ether oxygens (including phenoxy) is 1. The number of esters is 1. The molecule has 0 aromatic heterocycles. The number of carbonyl (C=O) groups excluding carboxylic acids is 2. The molecule has 9 heteroatoms. The summed E-state index contributed by atoms with van der Waals surface area (Å²) in [4.78, 5) is 26.5. The van der Waals surface area contributed by atoms with Gasteiger partial charge in [0, 0.05) is 12.2 Å². The van der Waals surface area contributed by atoms with E-state index < -0.39 is 46.9 Å². The highest BCUT2D eigenvalue weighted by Crippen LogP contribution is 2.33. The average Bonchev–Trinajstić information content (AvgIpc) is 3.06. The molecule has 0 spiro atoms. The SMILES string of the molecule is COC(=O)C1CCCN1C(=O)C(Nc1cc(F)cc(C(F)(F)F)c1)C(C)(C)C. The Balaban J connectivity index is 2.34.